The SMILES string of the molecule is Brc1ccc(Br)c2ccccc12.OB(O)c1ccc2ccccc2c1.c1ccc2cc(-c3ccc(-c4ccc5ccccc5c4)c4ccccc34)ccc2c1. The summed E-state index contributed by atoms with van der Waals surface area (Å²) < 4.78 is 2.28. The summed E-state index contributed by atoms with van der Waals surface area (Å²) in [6.07, 6.45) is 0. The Hall–Kier alpha value is -5.56. The van der Waals surface area contributed by atoms with E-state index in [4.69, 9.17) is 10.0 Å². The Morgan fingerprint density at radius 2 is 0.655 bits per heavy atom. The number of fused-ring (bicyclic) bond motifs is 5. The van der Waals surface area contributed by atoms with Crippen molar-refractivity contribution in [3.05, 3.63) is 209 Å². The van der Waals surface area contributed by atoms with E-state index in [1.165, 1.54) is 65.3 Å². The van der Waals surface area contributed by atoms with Crippen molar-refractivity contribution < 1.29 is 10.0 Å². The summed E-state index contributed by atoms with van der Waals surface area (Å²) in [7, 11) is -1.38. The highest BCUT2D eigenvalue weighted by molar-refractivity contribution is 9.11. The Balaban J connectivity index is 0.000000140. The van der Waals surface area contributed by atoms with Crippen LogP contribution in [0.5, 0.6) is 0 Å². The van der Waals surface area contributed by atoms with Crippen molar-refractivity contribution in [1.82, 2.24) is 0 Å². The molecule has 0 amide bonds. The number of hydrogen-bond donors (Lipinski definition) is 2. The van der Waals surface area contributed by atoms with Crippen LogP contribution >= 0.6 is 31.9 Å². The van der Waals surface area contributed by atoms with Crippen LogP contribution in [-0.2, 0) is 0 Å². The molecular weight excluding hydrogens is 803 g/mol. The molecule has 0 aromatic heterocycles. The largest absolute Gasteiger partial charge is 0.488 e. The lowest BCUT2D eigenvalue weighted by atomic mass is 9.79. The van der Waals surface area contributed by atoms with Gasteiger partial charge in [-0.25, -0.2) is 0 Å². The van der Waals surface area contributed by atoms with E-state index in [2.05, 4.69) is 165 Å². The number of benzene rings is 10. The quantitative estimate of drug-likeness (QED) is 0.174. The van der Waals surface area contributed by atoms with Gasteiger partial charge in [0.05, 0.1) is 0 Å². The molecule has 10 rings (SSSR count). The Bertz CT molecular complexity index is 2800. The van der Waals surface area contributed by atoms with Gasteiger partial charge in [0.1, 0.15) is 0 Å². The zero-order valence-electron chi connectivity index (χ0n) is 29.8. The van der Waals surface area contributed by atoms with E-state index >= 15 is 0 Å². The molecular formula is C50H35BBr2O2. The summed E-state index contributed by atoms with van der Waals surface area (Å²) in [5.74, 6) is 0. The van der Waals surface area contributed by atoms with Gasteiger partial charge in [0.25, 0.3) is 0 Å². The van der Waals surface area contributed by atoms with Gasteiger partial charge in [-0.3, -0.25) is 0 Å². The third kappa shape index (κ3) is 7.98. The maximum absolute atomic E-state index is 8.94. The zero-order chi connectivity index (χ0) is 37.7. The van der Waals surface area contributed by atoms with Gasteiger partial charge in [-0.1, -0.05) is 208 Å². The monoisotopic (exact) mass is 836 g/mol. The minimum atomic E-state index is -1.38. The molecule has 0 heterocycles. The molecule has 10 aromatic carbocycles. The molecule has 0 bridgehead atoms. The van der Waals surface area contributed by atoms with Gasteiger partial charge in [0.15, 0.2) is 0 Å². The summed E-state index contributed by atoms with van der Waals surface area (Å²) in [4.78, 5) is 0. The normalized spacial score (nSPS) is 10.9. The van der Waals surface area contributed by atoms with Crippen LogP contribution in [0, 0.1) is 0 Å². The summed E-state index contributed by atoms with van der Waals surface area (Å²) in [5, 5.41) is 30.2. The molecule has 0 aliphatic rings. The highest BCUT2D eigenvalue weighted by Gasteiger charge is 2.11. The van der Waals surface area contributed by atoms with Crippen molar-refractivity contribution in [1.29, 1.82) is 0 Å². The van der Waals surface area contributed by atoms with Crippen LogP contribution in [0.1, 0.15) is 0 Å². The van der Waals surface area contributed by atoms with Crippen molar-refractivity contribution in [3.8, 4) is 22.3 Å². The zero-order valence-corrected chi connectivity index (χ0v) is 33.0. The molecule has 0 atom stereocenters. The van der Waals surface area contributed by atoms with Crippen LogP contribution in [0.3, 0.4) is 0 Å². The van der Waals surface area contributed by atoms with E-state index in [-0.39, 0.29) is 0 Å². The third-order valence-corrected chi connectivity index (χ3v) is 11.3. The lowest BCUT2D eigenvalue weighted by molar-refractivity contribution is 0.426. The van der Waals surface area contributed by atoms with Gasteiger partial charge in [0.2, 0.25) is 0 Å². The third-order valence-electron chi connectivity index (χ3n) is 9.93. The minimum Gasteiger partial charge on any atom is -0.423 e. The summed E-state index contributed by atoms with van der Waals surface area (Å²) in [5.41, 5.74) is 5.60. The molecule has 264 valence electrons. The van der Waals surface area contributed by atoms with Crippen molar-refractivity contribution >= 4 is 98.3 Å². The Kier molecular flexibility index (Phi) is 10.9. The van der Waals surface area contributed by atoms with E-state index < -0.39 is 7.12 Å². The highest BCUT2D eigenvalue weighted by Crippen LogP contribution is 2.37. The predicted octanol–water partition coefficient (Wildman–Crippen LogP) is 13.4. The predicted molar refractivity (Wildman–Crippen MR) is 243 cm³/mol. The number of hydrogen-bond acceptors (Lipinski definition) is 2. The molecule has 10 aromatic rings. The molecule has 2 nitrogen and oxygen atoms in total. The topological polar surface area (TPSA) is 40.5 Å². The lowest BCUT2D eigenvalue weighted by Gasteiger charge is -2.13. The molecule has 0 unspecified atom stereocenters. The maximum Gasteiger partial charge on any atom is 0.488 e. The molecule has 0 fully saturated rings. The average Bonchev–Trinajstić information content (AvgIpc) is 3.24. The standard InChI is InChI=1S/C30H20.C10H9BO2.C10H6Br2/c1-3-9-23-19-25(15-13-21(23)7-1)27-17-18-28(30-12-6-5-11-29(27)30)26-16-14-22-8-2-4-10-24(22)20-26;12-11(13)10-6-5-8-3-1-2-4-9(8)7-10;11-9-5-6-10(12)8-4-2-1-3-7(8)9/h1-20H;1-7,12-13H;1-6H. The first-order chi connectivity index (χ1) is 26.9. The molecule has 0 saturated carbocycles. The maximum atomic E-state index is 8.94. The van der Waals surface area contributed by atoms with Crippen LogP contribution in [0.25, 0.3) is 76.1 Å². The van der Waals surface area contributed by atoms with Crippen molar-refractivity contribution in [2.24, 2.45) is 0 Å². The van der Waals surface area contributed by atoms with Crippen molar-refractivity contribution in [2.75, 3.05) is 0 Å². The van der Waals surface area contributed by atoms with Crippen LogP contribution in [0.2, 0.25) is 0 Å². The van der Waals surface area contributed by atoms with Gasteiger partial charge in [-0.05, 0) is 106 Å². The van der Waals surface area contributed by atoms with Crippen LogP contribution in [0.15, 0.2) is 209 Å². The highest BCUT2D eigenvalue weighted by atomic mass is 79.9. The Morgan fingerprint density at radius 1 is 0.309 bits per heavy atom. The first-order valence-electron chi connectivity index (χ1n) is 18.1. The van der Waals surface area contributed by atoms with E-state index in [1.807, 2.05) is 54.6 Å². The molecule has 55 heavy (non-hydrogen) atoms. The second-order valence-corrected chi connectivity index (χ2v) is 15.1. The fourth-order valence-corrected chi connectivity index (χ4v) is 8.07. The summed E-state index contributed by atoms with van der Waals surface area (Å²) in [6.45, 7) is 0. The first-order valence-corrected chi connectivity index (χ1v) is 19.7. The fourth-order valence-electron chi connectivity index (χ4n) is 7.11. The lowest BCUT2D eigenvalue weighted by Crippen LogP contribution is -2.29. The molecule has 2 N–H and O–H groups in total. The smallest absolute Gasteiger partial charge is 0.423 e. The number of halogens is 2. The van der Waals surface area contributed by atoms with Crippen LogP contribution in [-0.4, -0.2) is 17.2 Å². The summed E-state index contributed by atoms with van der Waals surface area (Å²) >= 11 is 7.02. The molecule has 0 spiro atoms. The van der Waals surface area contributed by atoms with Gasteiger partial charge in [-0.15, -0.1) is 0 Å². The molecule has 0 saturated heterocycles. The second-order valence-electron chi connectivity index (χ2n) is 13.4. The van der Waals surface area contributed by atoms with Gasteiger partial charge >= 0.3 is 7.12 Å². The number of rotatable bonds is 3. The van der Waals surface area contributed by atoms with E-state index in [0.717, 1.165) is 19.7 Å². The van der Waals surface area contributed by atoms with Crippen molar-refractivity contribution in [3.63, 3.8) is 0 Å². The second kappa shape index (κ2) is 16.4. The Labute approximate surface area is 337 Å². The van der Waals surface area contributed by atoms with Gasteiger partial charge in [-0.2, -0.15) is 0 Å². The minimum absolute atomic E-state index is 0.527. The summed E-state index contributed by atoms with van der Waals surface area (Å²) in [6, 6.07) is 69.5. The molecule has 0 aliphatic heterocycles. The molecule has 0 aliphatic carbocycles. The van der Waals surface area contributed by atoms with Gasteiger partial charge in [0, 0.05) is 8.95 Å². The van der Waals surface area contributed by atoms with Crippen LogP contribution < -0.4 is 5.46 Å². The van der Waals surface area contributed by atoms with E-state index in [0.29, 0.717) is 5.46 Å². The van der Waals surface area contributed by atoms with Gasteiger partial charge < -0.3 is 10.0 Å². The molecule has 0 radical (unpaired) electrons. The molecule has 5 heteroatoms. The van der Waals surface area contributed by atoms with Crippen molar-refractivity contribution in [2.45, 2.75) is 0 Å². The first kappa shape index (κ1) is 36.4. The van der Waals surface area contributed by atoms with Crippen LogP contribution in [0.4, 0.5) is 0 Å². The fraction of sp³-hybridized carbons (Fsp3) is 0. The van der Waals surface area contributed by atoms with E-state index in [9.17, 15) is 0 Å². The van der Waals surface area contributed by atoms with E-state index in [1.54, 1.807) is 12.1 Å². The average molecular weight is 838 g/mol. The Morgan fingerprint density at radius 3 is 1.07 bits per heavy atom.